The van der Waals surface area contributed by atoms with E-state index in [9.17, 15) is 19.8 Å². The predicted molar refractivity (Wildman–Crippen MR) is 59.6 cm³/mol. The van der Waals surface area contributed by atoms with Crippen LogP contribution in [-0.4, -0.2) is 35.4 Å². The Morgan fingerprint density at radius 3 is 2.22 bits per heavy atom. The van der Waals surface area contributed by atoms with E-state index in [0.29, 0.717) is 12.8 Å². The number of benzene rings is 1. The number of carbonyl (C=O) groups is 2. The highest BCUT2D eigenvalue weighted by atomic mass is 16.5. The first-order valence-corrected chi connectivity index (χ1v) is 5.50. The summed E-state index contributed by atoms with van der Waals surface area (Å²) in [6, 6.07) is 2.34. The first kappa shape index (κ1) is 12.2. The summed E-state index contributed by atoms with van der Waals surface area (Å²) in [7, 11) is 0. The van der Waals surface area contributed by atoms with Crippen molar-refractivity contribution in [3.63, 3.8) is 0 Å². The van der Waals surface area contributed by atoms with Crippen molar-refractivity contribution in [2.75, 3.05) is 13.2 Å². The van der Waals surface area contributed by atoms with Crippen molar-refractivity contribution in [3.05, 3.63) is 23.3 Å². The normalized spacial score (nSPS) is 16.4. The predicted octanol–water partition coefficient (Wildman–Crippen LogP) is 1.21. The number of cyclic esters (lactones) is 2. The van der Waals surface area contributed by atoms with Crippen LogP contribution in [0.1, 0.15) is 33.6 Å². The minimum atomic E-state index is -0.850. The van der Waals surface area contributed by atoms with Gasteiger partial charge in [0.15, 0.2) is 11.5 Å². The topological polar surface area (TPSA) is 93.1 Å². The van der Waals surface area contributed by atoms with Gasteiger partial charge in [-0.15, -0.1) is 0 Å². The van der Waals surface area contributed by atoms with Gasteiger partial charge in [0, 0.05) is 0 Å². The van der Waals surface area contributed by atoms with E-state index in [4.69, 9.17) is 9.47 Å². The molecule has 0 radical (unpaired) electrons. The molecule has 0 atom stereocenters. The Labute approximate surface area is 103 Å². The van der Waals surface area contributed by atoms with Crippen LogP contribution in [0.15, 0.2) is 12.1 Å². The summed E-state index contributed by atoms with van der Waals surface area (Å²) in [5.41, 5.74) is -0.473. The van der Waals surface area contributed by atoms with E-state index in [1.54, 1.807) is 0 Å². The monoisotopic (exact) mass is 252 g/mol. The molecule has 6 nitrogen and oxygen atoms in total. The molecule has 1 aliphatic rings. The van der Waals surface area contributed by atoms with Crippen LogP contribution in [0.4, 0.5) is 0 Å². The van der Waals surface area contributed by atoms with Crippen LogP contribution in [0.2, 0.25) is 0 Å². The Kier molecular flexibility index (Phi) is 3.36. The smallest absolute Gasteiger partial charge is 0.342 e. The molecule has 18 heavy (non-hydrogen) atoms. The van der Waals surface area contributed by atoms with E-state index in [1.165, 1.54) is 6.07 Å². The number of ether oxygens (including phenoxy) is 2. The fraction of sp³-hybridized carbons (Fsp3) is 0.333. The molecule has 1 heterocycles. The number of aromatic hydroxyl groups is 2. The average molecular weight is 252 g/mol. The zero-order valence-corrected chi connectivity index (χ0v) is 9.51. The molecule has 0 unspecified atom stereocenters. The lowest BCUT2D eigenvalue weighted by Crippen LogP contribution is -2.17. The molecular formula is C12H12O6. The number of rotatable bonds is 0. The highest BCUT2D eigenvalue weighted by molar-refractivity contribution is 6.05. The zero-order chi connectivity index (χ0) is 13.1. The van der Waals surface area contributed by atoms with Gasteiger partial charge >= 0.3 is 11.9 Å². The van der Waals surface area contributed by atoms with Gasteiger partial charge in [0.1, 0.15) is 5.56 Å². The van der Waals surface area contributed by atoms with Crippen molar-refractivity contribution in [1.82, 2.24) is 0 Å². The van der Waals surface area contributed by atoms with E-state index in [2.05, 4.69) is 0 Å². The van der Waals surface area contributed by atoms with Crippen molar-refractivity contribution < 1.29 is 29.3 Å². The van der Waals surface area contributed by atoms with E-state index in [1.807, 2.05) is 0 Å². The Hall–Kier alpha value is -2.24. The molecule has 2 rings (SSSR count). The molecule has 6 heteroatoms. The molecule has 1 aliphatic heterocycles. The molecule has 0 saturated carbocycles. The maximum Gasteiger partial charge on any atom is 0.342 e. The lowest BCUT2D eigenvalue weighted by molar-refractivity contribution is 0.0390. The molecule has 1 aromatic carbocycles. The molecule has 96 valence electrons. The number of fused-ring (bicyclic) bond motifs is 1. The summed E-state index contributed by atoms with van der Waals surface area (Å²) < 4.78 is 9.86. The highest BCUT2D eigenvalue weighted by Crippen LogP contribution is 2.32. The third-order valence-corrected chi connectivity index (χ3v) is 2.59. The first-order valence-electron chi connectivity index (χ1n) is 5.50. The zero-order valence-electron chi connectivity index (χ0n) is 9.51. The minimum absolute atomic E-state index is 0.114. The molecule has 0 saturated heterocycles. The summed E-state index contributed by atoms with van der Waals surface area (Å²) in [5, 5.41) is 19.0. The van der Waals surface area contributed by atoms with Gasteiger partial charge in [-0.1, -0.05) is 0 Å². The molecule has 0 bridgehead atoms. The van der Waals surface area contributed by atoms with Crippen LogP contribution in [0.3, 0.4) is 0 Å². The van der Waals surface area contributed by atoms with Crippen LogP contribution in [0, 0.1) is 0 Å². The molecule has 0 aliphatic carbocycles. The summed E-state index contributed by atoms with van der Waals surface area (Å²) in [5.74, 6) is -2.73. The first-order chi connectivity index (χ1) is 8.61. The fourth-order valence-electron chi connectivity index (χ4n) is 1.64. The van der Waals surface area contributed by atoms with Crippen LogP contribution in [0.5, 0.6) is 11.5 Å². The minimum Gasteiger partial charge on any atom is -0.504 e. The number of phenols is 2. The van der Waals surface area contributed by atoms with Crippen LogP contribution >= 0.6 is 0 Å². The molecule has 2 N–H and O–H groups in total. The number of esters is 2. The van der Waals surface area contributed by atoms with Gasteiger partial charge < -0.3 is 19.7 Å². The van der Waals surface area contributed by atoms with E-state index < -0.39 is 23.4 Å². The van der Waals surface area contributed by atoms with Gasteiger partial charge in [0.2, 0.25) is 0 Å². The standard InChI is InChI=1S/C12H12O6/c13-8-4-3-7-9(10(8)14)12(16)18-6-2-1-5-17-11(7)15/h3-4,13-14H,1-2,5-6H2. The number of phenolic OH excluding ortho intramolecular Hbond substituents is 2. The molecule has 0 fully saturated rings. The van der Waals surface area contributed by atoms with Gasteiger partial charge in [-0.05, 0) is 25.0 Å². The summed E-state index contributed by atoms with van der Waals surface area (Å²) >= 11 is 0. The summed E-state index contributed by atoms with van der Waals surface area (Å²) in [6.45, 7) is 0.391. The average Bonchev–Trinajstić information content (AvgIpc) is 2.35. The van der Waals surface area contributed by atoms with Crippen LogP contribution < -0.4 is 0 Å². The largest absolute Gasteiger partial charge is 0.504 e. The fourth-order valence-corrected chi connectivity index (χ4v) is 1.64. The van der Waals surface area contributed by atoms with Crippen molar-refractivity contribution in [1.29, 1.82) is 0 Å². The van der Waals surface area contributed by atoms with Gasteiger partial charge in [0.05, 0.1) is 18.8 Å². The number of hydrogen-bond acceptors (Lipinski definition) is 6. The second-order valence-electron chi connectivity index (χ2n) is 3.83. The molecule has 1 aromatic rings. The van der Waals surface area contributed by atoms with Crippen molar-refractivity contribution >= 4 is 11.9 Å². The van der Waals surface area contributed by atoms with E-state index in [-0.39, 0.29) is 24.3 Å². The quantitative estimate of drug-likeness (QED) is 0.532. The van der Waals surface area contributed by atoms with Gasteiger partial charge in [-0.3, -0.25) is 0 Å². The second-order valence-corrected chi connectivity index (χ2v) is 3.83. The highest BCUT2D eigenvalue weighted by Gasteiger charge is 2.26. The number of hydrogen-bond donors (Lipinski definition) is 2. The third-order valence-electron chi connectivity index (χ3n) is 2.59. The van der Waals surface area contributed by atoms with E-state index >= 15 is 0 Å². The maximum atomic E-state index is 11.7. The Bertz CT molecular complexity index is 494. The molecule has 0 amide bonds. The van der Waals surface area contributed by atoms with Gasteiger partial charge in [-0.25, -0.2) is 9.59 Å². The summed E-state index contributed by atoms with van der Waals surface area (Å²) in [6.07, 6.45) is 1.16. The molecule has 0 spiro atoms. The van der Waals surface area contributed by atoms with Crippen LogP contribution in [-0.2, 0) is 9.47 Å². The van der Waals surface area contributed by atoms with Gasteiger partial charge in [-0.2, -0.15) is 0 Å². The Morgan fingerprint density at radius 1 is 0.944 bits per heavy atom. The molecule has 0 aromatic heterocycles. The van der Waals surface area contributed by atoms with Crippen molar-refractivity contribution in [2.24, 2.45) is 0 Å². The van der Waals surface area contributed by atoms with Gasteiger partial charge in [0.25, 0.3) is 0 Å². The number of carbonyl (C=O) groups excluding carboxylic acids is 2. The maximum absolute atomic E-state index is 11.7. The van der Waals surface area contributed by atoms with Crippen LogP contribution in [0.25, 0.3) is 0 Å². The lowest BCUT2D eigenvalue weighted by Gasteiger charge is -2.14. The molecular weight excluding hydrogens is 240 g/mol. The summed E-state index contributed by atoms with van der Waals surface area (Å²) in [4.78, 5) is 23.5. The van der Waals surface area contributed by atoms with E-state index in [0.717, 1.165) is 6.07 Å². The SMILES string of the molecule is O=C1OCCCCOC(=O)c2c1ccc(O)c2O. The van der Waals surface area contributed by atoms with Crippen molar-refractivity contribution in [2.45, 2.75) is 12.8 Å². The third kappa shape index (κ3) is 2.22. The Morgan fingerprint density at radius 2 is 1.56 bits per heavy atom. The van der Waals surface area contributed by atoms with Crippen molar-refractivity contribution in [3.8, 4) is 11.5 Å². The second kappa shape index (κ2) is 4.95. The lowest BCUT2D eigenvalue weighted by atomic mass is 10.1. The Balaban J connectivity index is 2.51.